The third kappa shape index (κ3) is 4.76. The molecule has 21 heavy (non-hydrogen) atoms. The molecule has 0 aliphatic heterocycles. The summed E-state index contributed by atoms with van der Waals surface area (Å²) in [7, 11) is 0. The number of hydrogen-bond donors (Lipinski definition) is 1. The van der Waals surface area contributed by atoms with E-state index in [9.17, 15) is 14.4 Å². The second-order valence-corrected chi connectivity index (χ2v) is 4.07. The van der Waals surface area contributed by atoms with Crippen LogP contribution < -0.4 is 5.32 Å². The number of ether oxygens (including phenoxy) is 2. The first kappa shape index (κ1) is 16.4. The van der Waals surface area contributed by atoms with Crippen LogP contribution in [0.3, 0.4) is 0 Å². The Labute approximate surface area is 122 Å². The monoisotopic (exact) mass is 291 g/mol. The average molecular weight is 291 g/mol. The van der Waals surface area contributed by atoms with Crippen LogP contribution in [0.15, 0.2) is 36.9 Å². The maximum atomic E-state index is 12.0. The van der Waals surface area contributed by atoms with Crippen LogP contribution in [0.4, 0.5) is 5.69 Å². The number of nitrogens with one attached hydrogen (secondary N) is 1. The number of benzene rings is 1. The molecule has 1 atom stereocenters. The van der Waals surface area contributed by atoms with E-state index in [0.717, 1.165) is 0 Å². The first-order valence-corrected chi connectivity index (χ1v) is 6.40. The van der Waals surface area contributed by atoms with Crippen molar-refractivity contribution in [1.29, 1.82) is 0 Å². The summed E-state index contributed by atoms with van der Waals surface area (Å²) in [5, 5.41) is 2.33. The number of rotatable bonds is 5. The fourth-order valence-electron chi connectivity index (χ4n) is 1.42. The van der Waals surface area contributed by atoms with Crippen molar-refractivity contribution < 1.29 is 23.9 Å². The Balaban J connectivity index is 2.89. The van der Waals surface area contributed by atoms with Gasteiger partial charge in [-0.05, 0) is 26.0 Å². The van der Waals surface area contributed by atoms with E-state index >= 15 is 0 Å². The second-order valence-electron chi connectivity index (χ2n) is 4.07. The van der Waals surface area contributed by atoms with Crippen molar-refractivity contribution in [3.05, 3.63) is 42.5 Å². The summed E-state index contributed by atoms with van der Waals surface area (Å²) in [6.45, 7) is 6.85. The third-order valence-corrected chi connectivity index (χ3v) is 2.48. The van der Waals surface area contributed by atoms with Crippen molar-refractivity contribution in [1.82, 2.24) is 0 Å². The zero-order valence-electron chi connectivity index (χ0n) is 11.9. The molecule has 1 aromatic rings. The van der Waals surface area contributed by atoms with Gasteiger partial charge in [0.2, 0.25) is 0 Å². The summed E-state index contributed by atoms with van der Waals surface area (Å²) in [6, 6.07) is 6.22. The summed E-state index contributed by atoms with van der Waals surface area (Å²) in [4.78, 5) is 34.9. The van der Waals surface area contributed by atoms with Crippen LogP contribution in [0.5, 0.6) is 0 Å². The molecule has 1 N–H and O–H groups in total. The molecule has 1 rings (SSSR count). The van der Waals surface area contributed by atoms with E-state index in [1.165, 1.54) is 18.2 Å². The number of para-hydroxylation sites is 1. The van der Waals surface area contributed by atoms with Crippen molar-refractivity contribution in [3.8, 4) is 0 Å². The summed E-state index contributed by atoms with van der Waals surface area (Å²) in [5.41, 5.74) is 0.320. The Morgan fingerprint density at radius 3 is 2.62 bits per heavy atom. The maximum Gasteiger partial charge on any atom is 0.397 e. The second kappa shape index (κ2) is 7.84. The lowest BCUT2D eigenvalue weighted by molar-refractivity contribution is -0.152. The van der Waals surface area contributed by atoms with Gasteiger partial charge in [-0.15, -0.1) is 0 Å². The van der Waals surface area contributed by atoms with Gasteiger partial charge in [-0.2, -0.15) is 0 Å². The van der Waals surface area contributed by atoms with E-state index < -0.39 is 23.9 Å². The molecule has 0 saturated carbocycles. The van der Waals surface area contributed by atoms with Crippen molar-refractivity contribution in [2.45, 2.75) is 20.0 Å². The molecule has 0 aliphatic carbocycles. The van der Waals surface area contributed by atoms with Crippen molar-refractivity contribution >= 4 is 23.5 Å². The van der Waals surface area contributed by atoms with Gasteiger partial charge in [-0.1, -0.05) is 24.8 Å². The predicted octanol–water partition coefficient (Wildman–Crippen LogP) is 1.92. The van der Waals surface area contributed by atoms with Gasteiger partial charge in [0.05, 0.1) is 17.9 Å². The van der Waals surface area contributed by atoms with Gasteiger partial charge >= 0.3 is 17.8 Å². The largest absolute Gasteiger partial charge is 0.459 e. The molecule has 0 aromatic heterocycles. The summed E-state index contributed by atoms with van der Waals surface area (Å²) < 4.78 is 9.67. The molecule has 0 aliphatic rings. The fourth-order valence-corrected chi connectivity index (χ4v) is 1.42. The highest BCUT2D eigenvalue weighted by Gasteiger charge is 2.19. The first-order chi connectivity index (χ1) is 9.99. The fraction of sp³-hybridized carbons (Fsp3) is 0.267. The van der Waals surface area contributed by atoms with Gasteiger partial charge in [-0.25, -0.2) is 9.59 Å². The van der Waals surface area contributed by atoms with Gasteiger partial charge in [-0.3, -0.25) is 4.79 Å². The Kier molecular flexibility index (Phi) is 6.13. The van der Waals surface area contributed by atoms with Crippen molar-refractivity contribution in [2.24, 2.45) is 0 Å². The lowest BCUT2D eigenvalue weighted by Gasteiger charge is -2.12. The van der Waals surface area contributed by atoms with Crippen molar-refractivity contribution in [2.75, 3.05) is 11.9 Å². The SMILES string of the molecule is C=CC(C)OC(=O)c1ccccc1NC(=O)C(=O)OCC. The number of carbonyl (C=O) groups excluding carboxylic acids is 3. The van der Waals surface area contributed by atoms with Crippen LogP contribution in [-0.2, 0) is 19.1 Å². The Bertz CT molecular complexity index is 553. The number of amides is 1. The summed E-state index contributed by atoms with van der Waals surface area (Å²) >= 11 is 0. The third-order valence-electron chi connectivity index (χ3n) is 2.48. The highest BCUT2D eigenvalue weighted by molar-refractivity contribution is 6.37. The lowest BCUT2D eigenvalue weighted by atomic mass is 10.1. The minimum atomic E-state index is -1.01. The topological polar surface area (TPSA) is 81.7 Å². The molecular weight excluding hydrogens is 274 g/mol. The number of hydrogen-bond acceptors (Lipinski definition) is 5. The molecule has 0 radical (unpaired) electrons. The van der Waals surface area contributed by atoms with Crippen molar-refractivity contribution in [3.63, 3.8) is 0 Å². The van der Waals surface area contributed by atoms with Crippen LogP contribution in [0.25, 0.3) is 0 Å². The molecule has 1 amide bonds. The van der Waals surface area contributed by atoms with Gasteiger partial charge < -0.3 is 14.8 Å². The molecule has 1 unspecified atom stereocenters. The number of esters is 2. The summed E-state index contributed by atoms with van der Waals surface area (Å²) in [6.07, 6.45) is 1.00. The minimum Gasteiger partial charge on any atom is -0.459 e. The standard InChI is InChI=1S/C15H17NO5/c1-4-10(3)21-14(18)11-8-6-7-9-12(11)16-13(17)15(19)20-5-2/h4,6-10H,1,5H2,2-3H3,(H,16,17). The Morgan fingerprint density at radius 2 is 2.00 bits per heavy atom. The number of anilines is 1. The molecule has 6 heteroatoms. The summed E-state index contributed by atoms with van der Waals surface area (Å²) in [5.74, 6) is -2.59. The van der Waals surface area contributed by atoms with Crippen LogP contribution >= 0.6 is 0 Å². The molecule has 1 aromatic carbocycles. The van der Waals surface area contributed by atoms with Gasteiger partial charge in [0.1, 0.15) is 6.10 Å². The quantitative estimate of drug-likeness (QED) is 0.509. The highest BCUT2D eigenvalue weighted by Crippen LogP contribution is 2.17. The minimum absolute atomic E-state index is 0.0901. The molecule has 0 fully saturated rings. The Morgan fingerprint density at radius 1 is 1.33 bits per heavy atom. The van der Waals surface area contributed by atoms with Crippen LogP contribution in [-0.4, -0.2) is 30.6 Å². The smallest absolute Gasteiger partial charge is 0.397 e. The van der Waals surface area contributed by atoms with Crippen LogP contribution in [0.2, 0.25) is 0 Å². The average Bonchev–Trinajstić information content (AvgIpc) is 2.47. The predicted molar refractivity (Wildman–Crippen MR) is 76.8 cm³/mol. The first-order valence-electron chi connectivity index (χ1n) is 6.40. The molecule has 6 nitrogen and oxygen atoms in total. The van der Waals surface area contributed by atoms with Gasteiger partial charge in [0, 0.05) is 0 Å². The van der Waals surface area contributed by atoms with E-state index in [1.807, 2.05) is 0 Å². The highest BCUT2D eigenvalue weighted by atomic mass is 16.5. The molecule has 0 saturated heterocycles. The molecule has 0 spiro atoms. The maximum absolute atomic E-state index is 12.0. The van der Waals surface area contributed by atoms with E-state index in [2.05, 4.69) is 16.6 Å². The lowest BCUT2D eigenvalue weighted by Crippen LogP contribution is -2.26. The van der Waals surface area contributed by atoms with Gasteiger partial charge in [0.15, 0.2) is 0 Å². The van der Waals surface area contributed by atoms with Crippen LogP contribution in [0.1, 0.15) is 24.2 Å². The van der Waals surface area contributed by atoms with Gasteiger partial charge in [0.25, 0.3) is 0 Å². The molecule has 112 valence electrons. The zero-order chi connectivity index (χ0) is 15.8. The Hall–Kier alpha value is -2.63. The molecule has 0 bridgehead atoms. The van der Waals surface area contributed by atoms with E-state index in [4.69, 9.17) is 4.74 Å². The van der Waals surface area contributed by atoms with Crippen LogP contribution in [0, 0.1) is 0 Å². The van der Waals surface area contributed by atoms with E-state index in [1.54, 1.807) is 26.0 Å². The normalized spacial score (nSPS) is 11.1. The molecular formula is C15H17NO5. The number of carbonyl (C=O) groups is 3. The zero-order valence-corrected chi connectivity index (χ0v) is 11.9. The molecule has 0 heterocycles. The van der Waals surface area contributed by atoms with E-state index in [-0.39, 0.29) is 17.9 Å². The van der Waals surface area contributed by atoms with E-state index in [0.29, 0.717) is 0 Å².